The molecule has 3 fully saturated rings. The van der Waals surface area contributed by atoms with E-state index >= 15 is 0 Å². The number of ketones is 3. The molecule has 0 saturated heterocycles. The van der Waals surface area contributed by atoms with Crippen LogP contribution in [0.1, 0.15) is 370 Å². The molecule has 0 heterocycles. The van der Waals surface area contributed by atoms with Crippen LogP contribution < -0.4 is 0 Å². The van der Waals surface area contributed by atoms with Crippen LogP contribution in [0.5, 0.6) is 0 Å². The van der Waals surface area contributed by atoms with Crippen molar-refractivity contribution in [3.8, 4) is 0 Å². The second-order valence-corrected chi connectivity index (χ2v) is 26.7. The molecule has 3 nitrogen and oxygen atoms in total. The van der Waals surface area contributed by atoms with Gasteiger partial charge >= 0.3 is 17.8 Å². The summed E-state index contributed by atoms with van der Waals surface area (Å²) in [6.07, 6.45) is 46.0. The highest BCUT2D eigenvalue weighted by molar-refractivity contribution is 6.02. The fourth-order valence-electron chi connectivity index (χ4n) is 14.0. The highest BCUT2D eigenvalue weighted by atomic mass is 19.3. The molecule has 3 aromatic rings. The normalized spacial score (nSPS) is 20.1. The Morgan fingerprint density at radius 2 is 0.488 bits per heavy atom. The quantitative estimate of drug-likeness (QED) is 0.0326. The smallest absolute Gasteiger partial charge is 0.287 e. The number of hydrogen-bond acceptors (Lipinski definition) is 3. The van der Waals surface area contributed by atoms with E-state index in [-0.39, 0.29) is 36.0 Å². The van der Waals surface area contributed by atoms with Gasteiger partial charge in [0.2, 0.25) is 17.3 Å². The van der Waals surface area contributed by atoms with Crippen molar-refractivity contribution in [2.24, 2.45) is 17.8 Å². The lowest BCUT2D eigenvalue weighted by atomic mass is 9.77. The highest BCUT2D eigenvalue weighted by Gasteiger charge is 2.40. The van der Waals surface area contributed by atoms with Crippen LogP contribution in [0.2, 0.25) is 0 Å². The van der Waals surface area contributed by atoms with Crippen molar-refractivity contribution in [2.75, 3.05) is 0 Å². The van der Waals surface area contributed by atoms with Gasteiger partial charge in [0, 0.05) is 36.0 Å². The number of benzene rings is 3. The highest BCUT2D eigenvalue weighted by Crippen LogP contribution is 2.41. The second-order valence-electron chi connectivity index (χ2n) is 26.7. The van der Waals surface area contributed by atoms with Crippen LogP contribution in [0.4, 0.5) is 26.3 Å². The zero-order chi connectivity index (χ0) is 62.6. The van der Waals surface area contributed by atoms with Crippen molar-refractivity contribution in [2.45, 2.75) is 340 Å². The lowest BCUT2D eigenvalue weighted by Crippen LogP contribution is -2.28. The molecule has 0 aromatic heterocycles. The Morgan fingerprint density at radius 1 is 0.291 bits per heavy atom. The standard InChI is InChI=1S/C28H44F2O.C25H38F2O.C24H36F2O/c1-3-5-6-7-8-9-10-11-12-13-23-14-16-24(17-15-23)25-18-20-26(21-19-25)27(31)28(29,30)22-4-2;1-3-5-6-7-8-9-10-20-11-13-21(14-12-20)22-15-17-23(18-16-22)24(28)25(26,27)19-4-2;1-3-5-6-7-8-9-19-10-12-20(13-11-19)21-14-16-22(17-15-21)23(27)24(25,26)18-4-2/h18-21,23-24H,3-17,22H2,1-2H3;15-18,20-21H,3-14,19H2,1-2H3;14-17,19-20H,3-13,18H2,1-2H3/t23-,24-;20-,21-;19-,20-. The number of Topliss-reactive ketones (excluding diaryl/α,β-unsaturated/α-hetero) is 3. The van der Waals surface area contributed by atoms with Crippen LogP contribution >= 0.6 is 0 Å². The lowest BCUT2D eigenvalue weighted by Gasteiger charge is -2.29. The van der Waals surface area contributed by atoms with Gasteiger partial charge in [0.25, 0.3) is 0 Å². The maximum Gasteiger partial charge on any atom is 0.309 e. The summed E-state index contributed by atoms with van der Waals surface area (Å²) in [5, 5.41) is 0. The van der Waals surface area contributed by atoms with Gasteiger partial charge in [-0.3, -0.25) is 14.4 Å². The summed E-state index contributed by atoms with van der Waals surface area (Å²) in [6.45, 7) is 11.8. The SMILES string of the molecule is CCCCCCCCCCC[C@H]1CC[C@H](c2ccc(C(=O)C(F)(F)CCC)cc2)CC1.CCCCCCCC[C@H]1CC[C@H](c2ccc(C(=O)C(F)(F)CCC)cc2)CC1.CCCCCCC[C@H]1CC[C@H](c2ccc(C(=O)C(F)(F)CCC)cc2)CC1. The third kappa shape index (κ3) is 27.2. The first-order chi connectivity index (χ1) is 41.4. The van der Waals surface area contributed by atoms with Crippen LogP contribution in [-0.4, -0.2) is 35.1 Å². The van der Waals surface area contributed by atoms with Gasteiger partial charge in [-0.05, 0) is 149 Å². The summed E-state index contributed by atoms with van der Waals surface area (Å²) in [5.41, 5.74) is 4.02. The Morgan fingerprint density at radius 3 is 0.686 bits per heavy atom. The number of alkyl halides is 6. The average molecular weight is 1210 g/mol. The minimum Gasteiger partial charge on any atom is -0.287 e. The second kappa shape index (κ2) is 41.5. The molecular weight excluding hydrogens is 1090 g/mol. The Kier molecular flexibility index (Phi) is 36.1. The van der Waals surface area contributed by atoms with Gasteiger partial charge in [-0.25, -0.2) is 0 Å². The van der Waals surface area contributed by atoms with Crippen molar-refractivity contribution in [1.82, 2.24) is 0 Å². The van der Waals surface area contributed by atoms with E-state index in [0.717, 1.165) is 17.8 Å². The van der Waals surface area contributed by atoms with Crippen molar-refractivity contribution >= 4 is 17.3 Å². The molecule has 3 saturated carbocycles. The molecule has 6 rings (SSSR count). The van der Waals surface area contributed by atoms with Crippen LogP contribution in [-0.2, 0) is 0 Å². The largest absolute Gasteiger partial charge is 0.309 e. The summed E-state index contributed by atoms with van der Waals surface area (Å²) >= 11 is 0. The summed E-state index contributed by atoms with van der Waals surface area (Å²) in [6, 6.07) is 21.0. The molecule has 0 N–H and O–H groups in total. The first-order valence-corrected chi connectivity index (χ1v) is 35.5. The number of rotatable bonds is 38. The number of unbranched alkanes of at least 4 members (excludes halogenated alkanes) is 17. The summed E-state index contributed by atoms with van der Waals surface area (Å²) in [7, 11) is 0. The molecule has 0 amide bonds. The molecule has 0 bridgehead atoms. The van der Waals surface area contributed by atoms with Gasteiger partial charge < -0.3 is 0 Å². The lowest BCUT2D eigenvalue weighted by molar-refractivity contribution is 0.00453. The summed E-state index contributed by atoms with van der Waals surface area (Å²) in [5.74, 6) is -8.74. The van der Waals surface area contributed by atoms with Crippen molar-refractivity contribution in [3.05, 3.63) is 106 Å². The van der Waals surface area contributed by atoms with Gasteiger partial charge in [-0.1, -0.05) is 262 Å². The Labute approximate surface area is 520 Å². The molecule has 0 unspecified atom stereocenters. The van der Waals surface area contributed by atoms with E-state index in [1.807, 2.05) is 36.4 Å². The minimum absolute atomic E-state index is 0.137. The topological polar surface area (TPSA) is 51.2 Å². The number of halogens is 6. The molecule has 486 valence electrons. The fourth-order valence-corrected chi connectivity index (χ4v) is 14.0. The van der Waals surface area contributed by atoms with Gasteiger partial charge in [0.05, 0.1) is 0 Å². The monoisotopic (exact) mass is 1200 g/mol. The first kappa shape index (κ1) is 74.7. The van der Waals surface area contributed by atoms with Crippen LogP contribution in [0.15, 0.2) is 72.8 Å². The molecule has 0 atom stereocenters. The molecule has 0 radical (unpaired) electrons. The Hall–Kier alpha value is -3.75. The molecule has 0 spiro atoms. The number of carbonyl (C=O) groups is 3. The van der Waals surface area contributed by atoms with E-state index in [0.29, 0.717) is 37.0 Å². The minimum atomic E-state index is -3.25. The molecule has 86 heavy (non-hydrogen) atoms. The summed E-state index contributed by atoms with van der Waals surface area (Å²) in [4.78, 5) is 36.1. The van der Waals surface area contributed by atoms with Crippen LogP contribution in [0.3, 0.4) is 0 Å². The maximum absolute atomic E-state index is 13.9. The predicted octanol–water partition coefficient (Wildman–Crippen LogP) is 25.8. The van der Waals surface area contributed by atoms with Gasteiger partial charge in [-0.15, -0.1) is 0 Å². The van der Waals surface area contributed by atoms with Crippen molar-refractivity contribution in [1.29, 1.82) is 0 Å². The molecule has 3 aliphatic carbocycles. The third-order valence-corrected chi connectivity index (χ3v) is 19.6. The van der Waals surface area contributed by atoms with Crippen molar-refractivity contribution < 1.29 is 40.7 Å². The number of hydrogen-bond donors (Lipinski definition) is 0. The zero-order valence-corrected chi connectivity index (χ0v) is 54.9. The molecular formula is C77H118F6O3. The molecule has 3 aromatic carbocycles. The maximum atomic E-state index is 13.9. The van der Waals surface area contributed by atoms with E-state index in [1.54, 1.807) is 57.2 Å². The average Bonchev–Trinajstić information content (AvgIpc) is 3.16. The van der Waals surface area contributed by atoms with Gasteiger partial charge in [-0.2, -0.15) is 26.3 Å². The van der Waals surface area contributed by atoms with E-state index in [2.05, 4.69) is 20.8 Å². The molecule has 9 heteroatoms. The molecule has 0 aliphatic heterocycles. The van der Waals surface area contributed by atoms with E-state index < -0.39 is 35.1 Å². The van der Waals surface area contributed by atoms with E-state index in [4.69, 9.17) is 0 Å². The fraction of sp³-hybridized carbons (Fsp3) is 0.727. The third-order valence-electron chi connectivity index (χ3n) is 19.6. The van der Waals surface area contributed by atoms with Gasteiger partial charge in [0.1, 0.15) is 0 Å². The Balaban J connectivity index is 0.000000277. The summed E-state index contributed by atoms with van der Waals surface area (Å²) < 4.78 is 83.1. The van der Waals surface area contributed by atoms with Crippen LogP contribution in [0.25, 0.3) is 0 Å². The van der Waals surface area contributed by atoms with Gasteiger partial charge in [0.15, 0.2) is 0 Å². The number of carbonyl (C=O) groups excluding carboxylic acids is 3. The zero-order valence-electron chi connectivity index (χ0n) is 54.9. The molecule has 3 aliphatic rings. The predicted molar refractivity (Wildman–Crippen MR) is 349 cm³/mol. The van der Waals surface area contributed by atoms with E-state index in [1.165, 1.54) is 241 Å². The van der Waals surface area contributed by atoms with E-state index in [9.17, 15) is 40.7 Å². The Bertz CT molecular complexity index is 2250. The van der Waals surface area contributed by atoms with Crippen LogP contribution in [0, 0.1) is 17.8 Å². The van der Waals surface area contributed by atoms with Crippen molar-refractivity contribution in [3.63, 3.8) is 0 Å². The first-order valence-electron chi connectivity index (χ1n) is 35.5.